The summed E-state index contributed by atoms with van der Waals surface area (Å²) < 4.78 is 26.5. The van der Waals surface area contributed by atoms with E-state index in [0.717, 1.165) is 25.8 Å². The summed E-state index contributed by atoms with van der Waals surface area (Å²) in [5.41, 5.74) is 0.203. The van der Waals surface area contributed by atoms with Crippen LogP contribution in [-0.4, -0.2) is 32.5 Å². The van der Waals surface area contributed by atoms with E-state index < -0.39 is 10.0 Å². The lowest BCUT2D eigenvalue weighted by molar-refractivity contribution is 0.539. The minimum absolute atomic E-state index is 0.0888. The summed E-state index contributed by atoms with van der Waals surface area (Å²) >= 11 is 0. The highest BCUT2D eigenvalue weighted by Gasteiger charge is 2.17. The van der Waals surface area contributed by atoms with Gasteiger partial charge in [-0.1, -0.05) is 0 Å². The predicted molar refractivity (Wildman–Crippen MR) is 69.8 cm³/mol. The van der Waals surface area contributed by atoms with Crippen molar-refractivity contribution >= 4 is 10.0 Å². The fourth-order valence-corrected chi connectivity index (χ4v) is 3.05. The Balaban J connectivity index is 1.91. The zero-order chi connectivity index (χ0) is 13.7. The van der Waals surface area contributed by atoms with Gasteiger partial charge in [-0.15, -0.1) is 0 Å². The van der Waals surface area contributed by atoms with Gasteiger partial charge >= 0.3 is 0 Å². The molecule has 1 aromatic heterocycles. The van der Waals surface area contributed by atoms with Crippen LogP contribution in [0.2, 0.25) is 0 Å². The molecular formula is C12H16N4O2S. The summed E-state index contributed by atoms with van der Waals surface area (Å²) in [6, 6.07) is 5.04. The fraction of sp³-hybridized carbons (Fsp3) is 0.500. The molecule has 2 rings (SSSR count). The first-order valence-electron chi connectivity index (χ1n) is 6.21. The third-order valence-corrected chi connectivity index (χ3v) is 4.55. The van der Waals surface area contributed by atoms with E-state index >= 15 is 0 Å². The summed E-state index contributed by atoms with van der Waals surface area (Å²) in [7, 11) is -3.53. The van der Waals surface area contributed by atoms with E-state index in [1.807, 2.05) is 6.07 Å². The molecule has 1 aromatic rings. The highest BCUT2D eigenvalue weighted by Crippen LogP contribution is 2.10. The van der Waals surface area contributed by atoms with Crippen molar-refractivity contribution in [2.75, 3.05) is 13.1 Å². The highest BCUT2D eigenvalue weighted by atomic mass is 32.2. The molecule has 1 fully saturated rings. The van der Waals surface area contributed by atoms with Gasteiger partial charge in [0.25, 0.3) is 0 Å². The van der Waals surface area contributed by atoms with Crippen molar-refractivity contribution in [2.45, 2.75) is 30.2 Å². The number of sulfonamides is 1. The molecule has 1 aliphatic heterocycles. The first kappa shape index (κ1) is 13.9. The van der Waals surface area contributed by atoms with Crippen LogP contribution in [0, 0.1) is 11.3 Å². The largest absolute Gasteiger partial charge is 0.314 e. The van der Waals surface area contributed by atoms with E-state index in [4.69, 9.17) is 5.26 Å². The Morgan fingerprint density at radius 1 is 1.53 bits per heavy atom. The minimum atomic E-state index is -3.53. The summed E-state index contributed by atoms with van der Waals surface area (Å²) in [4.78, 5) is 3.85. The maximum Gasteiger partial charge on any atom is 0.242 e. The molecule has 0 unspecified atom stereocenters. The van der Waals surface area contributed by atoms with Gasteiger partial charge < -0.3 is 5.32 Å². The number of pyridine rings is 1. The average Bonchev–Trinajstić information content (AvgIpc) is 2.92. The van der Waals surface area contributed by atoms with E-state index in [-0.39, 0.29) is 10.6 Å². The average molecular weight is 280 g/mol. The second-order valence-electron chi connectivity index (χ2n) is 4.47. The highest BCUT2D eigenvalue weighted by molar-refractivity contribution is 7.89. The molecule has 2 N–H and O–H groups in total. The Morgan fingerprint density at radius 3 is 2.95 bits per heavy atom. The third-order valence-electron chi connectivity index (χ3n) is 3.11. The number of hydrogen-bond donors (Lipinski definition) is 2. The van der Waals surface area contributed by atoms with Crippen molar-refractivity contribution in [2.24, 2.45) is 0 Å². The Hall–Kier alpha value is -1.49. The van der Waals surface area contributed by atoms with E-state index in [2.05, 4.69) is 15.0 Å². The van der Waals surface area contributed by atoms with Gasteiger partial charge in [-0.25, -0.2) is 18.1 Å². The van der Waals surface area contributed by atoms with Crippen LogP contribution in [-0.2, 0) is 10.0 Å². The summed E-state index contributed by atoms with van der Waals surface area (Å²) in [6.07, 6.45) is 4.23. The van der Waals surface area contributed by atoms with E-state index in [1.165, 1.54) is 18.3 Å². The number of rotatable bonds is 5. The SMILES string of the molecule is N#Cc1ccc(S(=O)(=O)NCC[C@@H]2CCCN2)cn1. The van der Waals surface area contributed by atoms with Crippen LogP contribution in [0.25, 0.3) is 0 Å². The molecule has 7 heteroatoms. The molecule has 0 spiro atoms. The van der Waals surface area contributed by atoms with Crippen molar-refractivity contribution < 1.29 is 8.42 Å². The van der Waals surface area contributed by atoms with Gasteiger partial charge in [0.1, 0.15) is 16.7 Å². The Kier molecular flexibility index (Phi) is 4.47. The summed E-state index contributed by atoms with van der Waals surface area (Å²) in [6.45, 7) is 1.41. The maximum atomic E-state index is 12.0. The topological polar surface area (TPSA) is 94.9 Å². The first-order valence-corrected chi connectivity index (χ1v) is 7.69. The Bertz CT molecular complexity index is 556. The summed E-state index contributed by atoms with van der Waals surface area (Å²) in [5, 5.41) is 11.9. The van der Waals surface area contributed by atoms with Gasteiger partial charge in [-0.2, -0.15) is 5.26 Å². The zero-order valence-corrected chi connectivity index (χ0v) is 11.3. The van der Waals surface area contributed by atoms with Crippen molar-refractivity contribution in [3.63, 3.8) is 0 Å². The van der Waals surface area contributed by atoms with Crippen molar-refractivity contribution in [3.8, 4) is 6.07 Å². The molecule has 1 aliphatic rings. The molecule has 19 heavy (non-hydrogen) atoms. The fourth-order valence-electron chi connectivity index (χ4n) is 2.06. The Labute approximate surface area is 112 Å². The van der Waals surface area contributed by atoms with E-state index in [9.17, 15) is 8.42 Å². The molecular weight excluding hydrogens is 264 g/mol. The lowest BCUT2D eigenvalue weighted by atomic mass is 10.2. The molecule has 6 nitrogen and oxygen atoms in total. The van der Waals surface area contributed by atoms with Crippen LogP contribution < -0.4 is 10.0 Å². The predicted octanol–water partition coefficient (Wildman–Crippen LogP) is 0.374. The van der Waals surface area contributed by atoms with Crippen LogP contribution in [0.1, 0.15) is 25.0 Å². The van der Waals surface area contributed by atoms with Crippen LogP contribution in [0.5, 0.6) is 0 Å². The van der Waals surface area contributed by atoms with Crippen LogP contribution in [0.4, 0.5) is 0 Å². The molecule has 0 radical (unpaired) electrons. The maximum absolute atomic E-state index is 12.0. The normalized spacial score (nSPS) is 19.2. The number of nitrogens with zero attached hydrogens (tertiary/aromatic N) is 2. The smallest absolute Gasteiger partial charge is 0.242 e. The monoisotopic (exact) mass is 280 g/mol. The quantitative estimate of drug-likeness (QED) is 0.812. The second-order valence-corrected chi connectivity index (χ2v) is 6.24. The molecule has 0 aromatic carbocycles. The molecule has 1 atom stereocenters. The molecule has 1 saturated heterocycles. The lowest BCUT2D eigenvalue weighted by Gasteiger charge is -2.11. The van der Waals surface area contributed by atoms with Crippen molar-refractivity contribution in [1.29, 1.82) is 5.26 Å². The number of hydrogen-bond acceptors (Lipinski definition) is 5. The summed E-state index contributed by atoms with van der Waals surface area (Å²) in [5.74, 6) is 0. The van der Waals surface area contributed by atoms with Crippen molar-refractivity contribution in [1.82, 2.24) is 15.0 Å². The second kappa shape index (κ2) is 6.10. The van der Waals surface area contributed by atoms with E-state index in [0.29, 0.717) is 12.6 Å². The zero-order valence-electron chi connectivity index (χ0n) is 10.5. The molecule has 0 amide bonds. The number of aromatic nitrogens is 1. The number of nitriles is 1. The molecule has 0 bridgehead atoms. The molecule has 102 valence electrons. The number of nitrogens with one attached hydrogen (secondary N) is 2. The van der Waals surface area contributed by atoms with Crippen LogP contribution in [0.3, 0.4) is 0 Å². The van der Waals surface area contributed by atoms with Gasteiger partial charge in [0, 0.05) is 18.8 Å². The molecule has 2 heterocycles. The van der Waals surface area contributed by atoms with Gasteiger partial charge in [-0.3, -0.25) is 0 Å². The van der Waals surface area contributed by atoms with Gasteiger partial charge in [0.15, 0.2) is 0 Å². The third kappa shape index (κ3) is 3.73. The van der Waals surface area contributed by atoms with E-state index in [1.54, 1.807) is 0 Å². The lowest BCUT2D eigenvalue weighted by Crippen LogP contribution is -2.30. The van der Waals surface area contributed by atoms with Crippen LogP contribution in [0.15, 0.2) is 23.2 Å². The first-order chi connectivity index (χ1) is 9.12. The minimum Gasteiger partial charge on any atom is -0.314 e. The Morgan fingerprint density at radius 2 is 2.37 bits per heavy atom. The van der Waals surface area contributed by atoms with Crippen molar-refractivity contribution in [3.05, 3.63) is 24.0 Å². The van der Waals surface area contributed by atoms with Crippen LogP contribution >= 0.6 is 0 Å². The molecule has 0 aliphatic carbocycles. The van der Waals surface area contributed by atoms with Gasteiger partial charge in [0.2, 0.25) is 10.0 Å². The standard InChI is InChI=1S/C12H16N4O2S/c13-8-11-3-4-12(9-15-11)19(17,18)16-7-5-10-2-1-6-14-10/h3-4,9-10,14,16H,1-2,5-7H2/t10-/m0/s1. The van der Waals surface area contributed by atoms with Gasteiger partial charge in [0.05, 0.1) is 0 Å². The molecule has 0 saturated carbocycles. The van der Waals surface area contributed by atoms with Gasteiger partial charge in [-0.05, 0) is 37.9 Å².